The van der Waals surface area contributed by atoms with Gasteiger partial charge in [-0.25, -0.2) is 13.6 Å². The molecule has 1 saturated carbocycles. The fourth-order valence-electron chi connectivity index (χ4n) is 3.02. The molecule has 0 bridgehead atoms. The third-order valence-electron chi connectivity index (χ3n) is 4.11. The Kier molecular flexibility index (Phi) is 5.33. The van der Waals surface area contributed by atoms with E-state index >= 15 is 0 Å². The average Bonchev–Trinajstić information content (AvgIpc) is 2.39. The number of halogens is 1. The number of nitrogens with two attached hydrogens (primary N) is 1. The molecule has 0 spiro atoms. The number of hydrogen-bond donors (Lipinski definition) is 1. The van der Waals surface area contributed by atoms with Crippen molar-refractivity contribution < 1.29 is 13.2 Å². The van der Waals surface area contributed by atoms with E-state index in [2.05, 4.69) is 15.9 Å². The molecule has 0 aliphatic heterocycles. The van der Waals surface area contributed by atoms with Crippen molar-refractivity contribution in [3.05, 3.63) is 28.2 Å². The maximum Gasteiger partial charge on any atom is 0.209 e. The van der Waals surface area contributed by atoms with Gasteiger partial charge in [0.1, 0.15) is 5.75 Å². The average molecular weight is 376 g/mol. The van der Waals surface area contributed by atoms with Crippen LogP contribution in [0, 0.1) is 12.3 Å². The summed E-state index contributed by atoms with van der Waals surface area (Å²) in [6, 6.07) is 5.86. The lowest BCUT2D eigenvalue weighted by Crippen LogP contribution is -2.40. The van der Waals surface area contributed by atoms with E-state index in [1.165, 1.54) is 0 Å². The second-order valence-electron chi connectivity index (χ2n) is 6.07. The number of aryl methyl sites for hydroxylation is 1. The van der Waals surface area contributed by atoms with Crippen molar-refractivity contribution in [2.75, 3.05) is 12.4 Å². The molecule has 6 heteroatoms. The molecule has 1 aromatic carbocycles. The minimum atomic E-state index is -3.49. The van der Waals surface area contributed by atoms with E-state index in [1.807, 2.05) is 25.1 Å². The van der Waals surface area contributed by atoms with Crippen LogP contribution in [0.5, 0.6) is 5.75 Å². The number of primary sulfonamides is 1. The zero-order valence-corrected chi connectivity index (χ0v) is 14.7. The minimum Gasteiger partial charge on any atom is -0.493 e. The van der Waals surface area contributed by atoms with Gasteiger partial charge < -0.3 is 4.74 Å². The maximum atomic E-state index is 11.6. The number of benzene rings is 1. The second-order valence-corrected chi connectivity index (χ2v) is 8.60. The molecule has 2 rings (SSSR count). The van der Waals surface area contributed by atoms with Crippen LogP contribution in [0.4, 0.5) is 0 Å². The highest BCUT2D eigenvalue weighted by atomic mass is 79.9. The lowest BCUT2D eigenvalue weighted by molar-refractivity contribution is 0.118. The number of rotatable bonds is 5. The summed E-state index contributed by atoms with van der Waals surface area (Å²) < 4.78 is 30.0. The lowest BCUT2D eigenvalue weighted by atomic mass is 9.76. The first kappa shape index (κ1) is 16.8. The number of ether oxygens (including phenoxy) is 1. The summed E-state index contributed by atoms with van der Waals surface area (Å²) in [5, 5.41) is 5.28. The predicted molar refractivity (Wildman–Crippen MR) is 87.9 cm³/mol. The van der Waals surface area contributed by atoms with Gasteiger partial charge in [-0.3, -0.25) is 0 Å². The van der Waals surface area contributed by atoms with Gasteiger partial charge in [-0.15, -0.1) is 0 Å². The molecule has 0 radical (unpaired) electrons. The highest BCUT2D eigenvalue weighted by Crippen LogP contribution is 2.38. The topological polar surface area (TPSA) is 69.4 Å². The molecule has 0 unspecified atom stereocenters. The molecule has 4 nitrogen and oxygen atoms in total. The molecule has 0 aromatic heterocycles. The molecule has 1 aliphatic rings. The van der Waals surface area contributed by atoms with Gasteiger partial charge in [-0.2, -0.15) is 0 Å². The largest absolute Gasteiger partial charge is 0.493 e. The maximum absolute atomic E-state index is 11.6. The lowest BCUT2D eigenvalue weighted by Gasteiger charge is -2.36. The molecule has 0 amide bonds. The van der Waals surface area contributed by atoms with Crippen LogP contribution in [0.1, 0.15) is 37.7 Å². The third kappa shape index (κ3) is 4.97. The van der Waals surface area contributed by atoms with Gasteiger partial charge in [-0.1, -0.05) is 41.3 Å². The second kappa shape index (κ2) is 6.67. The van der Waals surface area contributed by atoms with E-state index in [4.69, 9.17) is 9.88 Å². The van der Waals surface area contributed by atoms with Crippen molar-refractivity contribution >= 4 is 26.0 Å². The van der Waals surface area contributed by atoms with Crippen LogP contribution in [-0.2, 0) is 10.0 Å². The van der Waals surface area contributed by atoms with Crippen LogP contribution in [-0.4, -0.2) is 20.8 Å². The van der Waals surface area contributed by atoms with E-state index in [0.717, 1.165) is 47.9 Å². The first-order chi connectivity index (χ1) is 9.80. The molecule has 0 saturated heterocycles. The standard InChI is InChI=1S/C15H22BrNO3S/c1-12-5-6-13(16)9-14(12)20-10-15(11-21(17,18)19)7-3-2-4-8-15/h5-6,9H,2-4,7-8,10-11H2,1H3,(H2,17,18,19). The Bertz CT molecular complexity index is 595. The third-order valence-corrected chi connectivity index (χ3v) is 5.61. The Hall–Kier alpha value is -0.590. The summed E-state index contributed by atoms with van der Waals surface area (Å²) in [5.41, 5.74) is 0.695. The predicted octanol–water partition coefficient (Wildman–Crippen LogP) is 3.38. The molecular weight excluding hydrogens is 354 g/mol. The summed E-state index contributed by atoms with van der Waals surface area (Å²) in [7, 11) is -3.49. The van der Waals surface area contributed by atoms with E-state index in [-0.39, 0.29) is 11.2 Å². The Morgan fingerprint density at radius 1 is 1.29 bits per heavy atom. The van der Waals surface area contributed by atoms with Gasteiger partial charge in [0.2, 0.25) is 10.0 Å². The van der Waals surface area contributed by atoms with E-state index in [1.54, 1.807) is 0 Å². The summed E-state index contributed by atoms with van der Waals surface area (Å²) in [6.07, 6.45) is 4.95. The highest BCUT2D eigenvalue weighted by Gasteiger charge is 2.36. The smallest absolute Gasteiger partial charge is 0.209 e. The van der Waals surface area contributed by atoms with Crippen LogP contribution in [0.15, 0.2) is 22.7 Å². The Morgan fingerprint density at radius 2 is 1.95 bits per heavy atom. The van der Waals surface area contributed by atoms with E-state index in [9.17, 15) is 8.42 Å². The van der Waals surface area contributed by atoms with Crippen LogP contribution < -0.4 is 9.88 Å². The Labute approximate surface area is 135 Å². The molecule has 1 fully saturated rings. The highest BCUT2D eigenvalue weighted by molar-refractivity contribution is 9.10. The van der Waals surface area contributed by atoms with Crippen molar-refractivity contribution in [1.82, 2.24) is 0 Å². The van der Waals surface area contributed by atoms with E-state index < -0.39 is 10.0 Å². The van der Waals surface area contributed by atoms with Gasteiger partial charge in [0.25, 0.3) is 0 Å². The number of hydrogen-bond acceptors (Lipinski definition) is 3. The summed E-state index contributed by atoms with van der Waals surface area (Å²) in [5.74, 6) is 0.802. The molecule has 0 atom stereocenters. The molecule has 2 N–H and O–H groups in total. The van der Waals surface area contributed by atoms with Gasteiger partial charge in [0.15, 0.2) is 0 Å². The fraction of sp³-hybridized carbons (Fsp3) is 0.600. The number of sulfonamides is 1. The first-order valence-electron chi connectivity index (χ1n) is 7.19. The van der Waals surface area contributed by atoms with Crippen molar-refractivity contribution in [3.63, 3.8) is 0 Å². The normalized spacial score (nSPS) is 18.4. The van der Waals surface area contributed by atoms with Crippen LogP contribution in [0.2, 0.25) is 0 Å². The van der Waals surface area contributed by atoms with E-state index in [0.29, 0.717) is 6.61 Å². The van der Waals surface area contributed by atoms with Gasteiger partial charge in [0.05, 0.1) is 12.4 Å². The van der Waals surface area contributed by atoms with Crippen LogP contribution in [0.25, 0.3) is 0 Å². The molecular formula is C15H22BrNO3S. The molecule has 118 valence electrons. The van der Waals surface area contributed by atoms with Crippen molar-refractivity contribution in [2.45, 2.75) is 39.0 Å². The molecule has 0 heterocycles. The van der Waals surface area contributed by atoms with Gasteiger partial charge >= 0.3 is 0 Å². The Morgan fingerprint density at radius 3 is 2.57 bits per heavy atom. The van der Waals surface area contributed by atoms with Crippen LogP contribution >= 0.6 is 15.9 Å². The molecule has 21 heavy (non-hydrogen) atoms. The zero-order valence-electron chi connectivity index (χ0n) is 12.3. The summed E-state index contributed by atoms with van der Waals surface area (Å²) >= 11 is 3.43. The molecule has 1 aromatic rings. The SMILES string of the molecule is Cc1ccc(Br)cc1OCC1(CS(N)(=O)=O)CCCCC1. The van der Waals surface area contributed by atoms with Gasteiger partial charge in [0, 0.05) is 9.89 Å². The van der Waals surface area contributed by atoms with Crippen molar-refractivity contribution in [2.24, 2.45) is 10.6 Å². The molecule has 1 aliphatic carbocycles. The quantitative estimate of drug-likeness (QED) is 0.857. The van der Waals surface area contributed by atoms with Crippen molar-refractivity contribution in [1.29, 1.82) is 0 Å². The first-order valence-corrected chi connectivity index (χ1v) is 9.70. The minimum absolute atomic E-state index is 0.00699. The summed E-state index contributed by atoms with van der Waals surface area (Å²) in [4.78, 5) is 0. The Balaban J connectivity index is 2.14. The zero-order chi connectivity index (χ0) is 15.5. The van der Waals surface area contributed by atoms with Crippen LogP contribution in [0.3, 0.4) is 0 Å². The van der Waals surface area contributed by atoms with Gasteiger partial charge in [-0.05, 0) is 37.5 Å². The monoisotopic (exact) mass is 375 g/mol. The fourth-order valence-corrected chi connectivity index (χ4v) is 4.58. The van der Waals surface area contributed by atoms with Crippen molar-refractivity contribution in [3.8, 4) is 5.75 Å². The summed E-state index contributed by atoms with van der Waals surface area (Å²) in [6.45, 7) is 2.38.